The summed E-state index contributed by atoms with van der Waals surface area (Å²) < 4.78 is 0. The topological polar surface area (TPSA) is 81.3 Å². The van der Waals surface area contributed by atoms with Gasteiger partial charge in [-0.25, -0.2) is 4.98 Å². The number of nitrogens with zero attached hydrogens (tertiary/aromatic N) is 3. The van der Waals surface area contributed by atoms with Crippen LogP contribution in [0.25, 0.3) is 0 Å². The van der Waals surface area contributed by atoms with Crippen LogP contribution in [0, 0.1) is 31.6 Å². The molecule has 2 fully saturated rings. The number of carbonyl (C=O) groups is 2. The van der Waals surface area contributed by atoms with E-state index in [4.69, 9.17) is 0 Å². The number of imidazole rings is 1. The largest absolute Gasteiger partial charge is 0.346 e. The first-order chi connectivity index (χ1) is 15.2. The first kappa shape index (κ1) is 24.7. The van der Waals surface area contributed by atoms with Crippen LogP contribution in [0.1, 0.15) is 70.6 Å². The summed E-state index contributed by atoms with van der Waals surface area (Å²) in [6, 6.07) is -0.511. The zero-order valence-electron chi connectivity index (χ0n) is 20.9. The molecule has 1 aromatic heterocycles. The molecule has 3 heterocycles. The number of aromatic nitrogens is 2. The van der Waals surface area contributed by atoms with Crippen molar-refractivity contribution in [1.29, 1.82) is 0 Å². The zero-order valence-corrected chi connectivity index (χ0v) is 20.9. The number of hydrogen-bond acceptors (Lipinski definition) is 4. The average Bonchev–Trinajstić information content (AvgIpc) is 3.04. The first-order valence-corrected chi connectivity index (χ1v) is 12.5. The number of piperazine rings is 1. The molecule has 1 unspecified atom stereocenters. The van der Waals surface area contributed by atoms with E-state index in [0.29, 0.717) is 24.3 Å². The lowest BCUT2D eigenvalue weighted by Crippen LogP contribution is -2.62. The van der Waals surface area contributed by atoms with E-state index in [2.05, 4.69) is 49.9 Å². The van der Waals surface area contributed by atoms with Crippen molar-refractivity contribution in [2.45, 2.75) is 85.7 Å². The number of piperidine rings is 1. The number of likely N-dealkylation sites (tertiary alicyclic amines) is 1. The van der Waals surface area contributed by atoms with Gasteiger partial charge in [0.15, 0.2) is 0 Å². The molecule has 2 aliphatic rings. The quantitative estimate of drug-likeness (QED) is 0.644. The van der Waals surface area contributed by atoms with Crippen LogP contribution in [-0.2, 0) is 16.0 Å². The maximum atomic E-state index is 13.6. The molecule has 2 N–H and O–H groups in total. The Labute approximate surface area is 193 Å². The standard InChI is InChI=1S/C25H43N5O2/c1-16(2)13-21-24(31)30(12-9-26-21)22(14-17(3)4)25(32)29-10-7-20(8-11-29)15-23-27-18(5)19(6)28-23/h16-17,20-22,26H,7-15H2,1-6H3,(H,27,28)/t21-,22?/m0/s1. The summed E-state index contributed by atoms with van der Waals surface area (Å²) in [6.07, 6.45) is 4.47. The summed E-state index contributed by atoms with van der Waals surface area (Å²) in [4.78, 5) is 38.8. The van der Waals surface area contributed by atoms with E-state index in [0.717, 1.165) is 69.0 Å². The summed E-state index contributed by atoms with van der Waals surface area (Å²) in [6.45, 7) is 15.6. The van der Waals surface area contributed by atoms with E-state index in [1.54, 1.807) is 0 Å². The normalized spacial score (nSPS) is 21.6. The number of amides is 2. The maximum Gasteiger partial charge on any atom is 0.245 e. The Morgan fingerprint density at radius 3 is 2.34 bits per heavy atom. The van der Waals surface area contributed by atoms with Crippen molar-refractivity contribution >= 4 is 11.8 Å². The Bertz CT molecular complexity index is 760. The second-order valence-corrected chi connectivity index (χ2v) is 10.7. The first-order valence-electron chi connectivity index (χ1n) is 12.5. The molecule has 32 heavy (non-hydrogen) atoms. The van der Waals surface area contributed by atoms with Crippen LogP contribution < -0.4 is 5.32 Å². The highest BCUT2D eigenvalue weighted by Crippen LogP contribution is 2.25. The second-order valence-electron chi connectivity index (χ2n) is 10.7. The minimum atomic E-state index is -0.341. The van der Waals surface area contributed by atoms with Crippen LogP contribution >= 0.6 is 0 Å². The summed E-state index contributed by atoms with van der Waals surface area (Å²) in [5.74, 6) is 2.64. The maximum absolute atomic E-state index is 13.6. The fourth-order valence-corrected chi connectivity index (χ4v) is 5.09. The molecule has 2 aliphatic heterocycles. The molecule has 7 nitrogen and oxygen atoms in total. The van der Waals surface area contributed by atoms with Gasteiger partial charge in [0.25, 0.3) is 0 Å². The van der Waals surface area contributed by atoms with Crippen molar-refractivity contribution in [2.24, 2.45) is 17.8 Å². The minimum absolute atomic E-state index is 0.0994. The average molecular weight is 446 g/mol. The van der Waals surface area contributed by atoms with Crippen LogP contribution in [0.3, 0.4) is 0 Å². The molecular weight excluding hydrogens is 402 g/mol. The van der Waals surface area contributed by atoms with Crippen molar-refractivity contribution in [3.05, 3.63) is 17.2 Å². The SMILES string of the molecule is Cc1nc(CC2CCN(C(=O)C(CC(C)C)N3CCN[C@@H](CC(C)C)C3=O)CC2)[nH]c1C. The third-order valence-corrected chi connectivity index (χ3v) is 6.97. The fraction of sp³-hybridized carbons (Fsp3) is 0.800. The molecule has 0 saturated carbocycles. The molecule has 2 saturated heterocycles. The molecule has 0 bridgehead atoms. The van der Waals surface area contributed by atoms with E-state index in [9.17, 15) is 9.59 Å². The molecule has 7 heteroatoms. The van der Waals surface area contributed by atoms with Crippen LogP contribution in [-0.4, -0.2) is 69.8 Å². The van der Waals surface area contributed by atoms with E-state index < -0.39 is 0 Å². The van der Waals surface area contributed by atoms with Gasteiger partial charge in [-0.15, -0.1) is 0 Å². The number of rotatable bonds is 8. The van der Waals surface area contributed by atoms with Gasteiger partial charge in [0.05, 0.1) is 11.7 Å². The van der Waals surface area contributed by atoms with Crippen molar-refractivity contribution in [3.63, 3.8) is 0 Å². The van der Waals surface area contributed by atoms with Gasteiger partial charge in [-0.05, 0) is 57.3 Å². The number of aromatic amines is 1. The number of hydrogen-bond donors (Lipinski definition) is 2. The van der Waals surface area contributed by atoms with Gasteiger partial charge >= 0.3 is 0 Å². The van der Waals surface area contributed by atoms with Gasteiger partial charge in [-0.3, -0.25) is 9.59 Å². The minimum Gasteiger partial charge on any atom is -0.346 e. The Hall–Kier alpha value is -1.89. The second kappa shape index (κ2) is 10.8. The lowest BCUT2D eigenvalue weighted by molar-refractivity contribution is -0.150. The number of nitrogens with one attached hydrogen (secondary N) is 2. The summed E-state index contributed by atoms with van der Waals surface area (Å²) >= 11 is 0. The third kappa shape index (κ3) is 6.12. The van der Waals surface area contributed by atoms with E-state index in [1.165, 1.54) is 0 Å². The number of carbonyl (C=O) groups excluding carboxylic acids is 2. The molecule has 180 valence electrons. The third-order valence-electron chi connectivity index (χ3n) is 6.97. The van der Waals surface area contributed by atoms with Gasteiger partial charge in [0.2, 0.25) is 11.8 Å². The molecule has 0 spiro atoms. The molecular formula is C25H43N5O2. The highest BCUT2D eigenvalue weighted by Gasteiger charge is 2.39. The van der Waals surface area contributed by atoms with Crippen LogP contribution in [0.2, 0.25) is 0 Å². The van der Waals surface area contributed by atoms with Gasteiger partial charge in [0, 0.05) is 38.3 Å². The van der Waals surface area contributed by atoms with Crippen molar-refractivity contribution in [3.8, 4) is 0 Å². The zero-order chi connectivity index (χ0) is 23.4. The Morgan fingerprint density at radius 1 is 1.09 bits per heavy atom. The molecule has 0 radical (unpaired) electrons. The van der Waals surface area contributed by atoms with Gasteiger partial charge in [-0.2, -0.15) is 0 Å². The van der Waals surface area contributed by atoms with Crippen molar-refractivity contribution < 1.29 is 9.59 Å². The Balaban J connectivity index is 1.62. The lowest BCUT2D eigenvalue weighted by Gasteiger charge is -2.42. The van der Waals surface area contributed by atoms with E-state index >= 15 is 0 Å². The Kier molecular flexibility index (Phi) is 8.37. The van der Waals surface area contributed by atoms with Gasteiger partial charge < -0.3 is 20.1 Å². The summed E-state index contributed by atoms with van der Waals surface area (Å²) in [5, 5.41) is 3.37. The number of aryl methyl sites for hydroxylation is 2. The van der Waals surface area contributed by atoms with Gasteiger partial charge in [0.1, 0.15) is 11.9 Å². The predicted molar refractivity (Wildman–Crippen MR) is 127 cm³/mol. The molecule has 2 atom stereocenters. The van der Waals surface area contributed by atoms with E-state index in [-0.39, 0.29) is 23.9 Å². The van der Waals surface area contributed by atoms with Crippen LogP contribution in [0.4, 0.5) is 0 Å². The summed E-state index contributed by atoms with van der Waals surface area (Å²) in [7, 11) is 0. The summed E-state index contributed by atoms with van der Waals surface area (Å²) in [5.41, 5.74) is 2.21. The molecule has 1 aromatic rings. The van der Waals surface area contributed by atoms with Crippen LogP contribution in [0.5, 0.6) is 0 Å². The van der Waals surface area contributed by atoms with Crippen molar-refractivity contribution in [2.75, 3.05) is 26.2 Å². The highest BCUT2D eigenvalue weighted by atomic mass is 16.2. The highest BCUT2D eigenvalue weighted by molar-refractivity contribution is 5.90. The molecule has 0 aliphatic carbocycles. The lowest BCUT2D eigenvalue weighted by atomic mass is 9.91. The predicted octanol–water partition coefficient (Wildman–Crippen LogP) is 3.07. The number of H-pyrrole nitrogens is 1. The molecule has 3 rings (SSSR count). The molecule has 0 aromatic carbocycles. The monoisotopic (exact) mass is 445 g/mol. The van der Waals surface area contributed by atoms with E-state index in [1.807, 2.05) is 16.7 Å². The van der Waals surface area contributed by atoms with Gasteiger partial charge in [-0.1, -0.05) is 27.7 Å². The van der Waals surface area contributed by atoms with Crippen molar-refractivity contribution in [1.82, 2.24) is 25.1 Å². The Morgan fingerprint density at radius 2 is 1.78 bits per heavy atom. The molecule has 2 amide bonds. The fourth-order valence-electron chi connectivity index (χ4n) is 5.09. The van der Waals surface area contributed by atoms with Crippen LogP contribution in [0.15, 0.2) is 0 Å². The smallest absolute Gasteiger partial charge is 0.245 e.